The summed E-state index contributed by atoms with van der Waals surface area (Å²) in [6.07, 6.45) is 1.82. The third-order valence-electron chi connectivity index (χ3n) is 4.98. The minimum absolute atomic E-state index is 0. The number of nitrogens with two attached hydrogens (primary N) is 1. The Bertz CT molecular complexity index is 1120. The molecule has 0 atom stereocenters. The Morgan fingerprint density at radius 1 is 1.00 bits per heavy atom. The van der Waals surface area contributed by atoms with Crippen molar-refractivity contribution in [3.05, 3.63) is 71.3 Å². The number of rotatable bonds is 2. The Balaban J connectivity index is 0.00000180. The van der Waals surface area contributed by atoms with Gasteiger partial charge in [-0.1, -0.05) is 36.4 Å². The van der Waals surface area contributed by atoms with E-state index in [1.807, 2.05) is 0 Å². The maximum absolute atomic E-state index is 13.6. The van der Waals surface area contributed by atoms with Gasteiger partial charge < -0.3 is 5.73 Å². The van der Waals surface area contributed by atoms with Gasteiger partial charge in [-0.2, -0.15) is 5.10 Å². The van der Waals surface area contributed by atoms with Crippen molar-refractivity contribution in [2.24, 2.45) is 0 Å². The molecule has 7 heteroatoms. The lowest BCUT2D eigenvalue weighted by atomic mass is 10.1. The quantitative estimate of drug-likeness (QED) is 0.549. The third-order valence-corrected chi connectivity index (χ3v) is 4.98. The van der Waals surface area contributed by atoms with E-state index in [1.54, 1.807) is 12.1 Å². The van der Waals surface area contributed by atoms with Crippen molar-refractivity contribution >= 4 is 29.3 Å². The van der Waals surface area contributed by atoms with Crippen LogP contribution in [0, 0.1) is 5.82 Å². The summed E-state index contributed by atoms with van der Waals surface area (Å²) < 4.78 is 13.6. The fourth-order valence-corrected chi connectivity index (χ4v) is 3.74. The van der Waals surface area contributed by atoms with Crippen LogP contribution in [0.25, 0.3) is 22.3 Å². The van der Waals surface area contributed by atoms with Gasteiger partial charge in [-0.25, -0.2) is 14.4 Å². The summed E-state index contributed by atoms with van der Waals surface area (Å²) in [7, 11) is 0. The SMILES string of the molecule is Cl.Nc1nc(C2Cc3ccccc3C2)nc2[nH]nc(-c3cccc(F)c3)c12. The Morgan fingerprint density at radius 3 is 2.44 bits per heavy atom. The van der Waals surface area contributed by atoms with Gasteiger partial charge in [0, 0.05) is 11.5 Å². The zero-order valence-corrected chi connectivity index (χ0v) is 15.1. The molecule has 136 valence electrons. The first-order valence-corrected chi connectivity index (χ1v) is 8.53. The lowest BCUT2D eigenvalue weighted by Crippen LogP contribution is -2.07. The van der Waals surface area contributed by atoms with Gasteiger partial charge in [0.2, 0.25) is 0 Å². The molecule has 2 aromatic heterocycles. The standard InChI is InChI=1S/C20H16FN5.ClH/c21-15-7-3-6-13(10-15)17-16-18(22)23-19(24-20(16)26-25-17)14-8-11-4-1-2-5-12(11)9-14;/h1-7,10,14H,8-9H2,(H3,22,23,24,25,26);1H. The van der Waals surface area contributed by atoms with Gasteiger partial charge in [-0.15, -0.1) is 12.4 Å². The predicted molar refractivity (Wildman–Crippen MR) is 105 cm³/mol. The molecule has 0 amide bonds. The molecule has 0 saturated carbocycles. The lowest BCUT2D eigenvalue weighted by Gasteiger charge is -2.09. The second-order valence-corrected chi connectivity index (χ2v) is 6.65. The van der Waals surface area contributed by atoms with Gasteiger partial charge in [0.05, 0.1) is 5.39 Å². The van der Waals surface area contributed by atoms with Crippen LogP contribution in [0.3, 0.4) is 0 Å². The summed E-state index contributed by atoms with van der Waals surface area (Å²) in [6.45, 7) is 0. The highest BCUT2D eigenvalue weighted by atomic mass is 35.5. The number of nitrogens with zero attached hydrogens (tertiary/aromatic N) is 3. The fourth-order valence-electron chi connectivity index (χ4n) is 3.74. The highest BCUT2D eigenvalue weighted by Gasteiger charge is 2.26. The summed E-state index contributed by atoms with van der Waals surface area (Å²) in [4.78, 5) is 9.23. The largest absolute Gasteiger partial charge is 0.383 e. The molecular weight excluding hydrogens is 365 g/mol. The molecule has 1 aliphatic carbocycles. The molecule has 3 N–H and O–H groups in total. The zero-order chi connectivity index (χ0) is 17.7. The first-order chi connectivity index (χ1) is 12.7. The van der Waals surface area contributed by atoms with E-state index in [9.17, 15) is 4.39 Å². The van der Waals surface area contributed by atoms with E-state index in [-0.39, 0.29) is 24.1 Å². The molecule has 0 spiro atoms. The Labute approximate surface area is 161 Å². The Hall–Kier alpha value is -2.99. The highest BCUT2D eigenvalue weighted by molar-refractivity contribution is 5.97. The molecule has 0 radical (unpaired) electrons. The number of halogens is 2. The van der Waals surface area contributed by atoms with E-state index in [4.69, 9.17) is 5.73 Å². The zero-order valence-electron chi connectivity index (χ0n) is 14.3. The monoisotopic (exact) mass is 381 g/mol. The van der Waals surface area contributed by atoms with Crippen LogP contribution in [-0.2, 0) is 12.8 Å². The van der Waals surface area contributed by atoms with Crippen LogP contribution in [0.5, 0.6) is 0 Å². The molecule has 0 aliphatic heterocycles. The molecule has 2 heterocycles. The van der Waals surface area contributed by atoms with Crippen molar-refractivity contribution in [3.63, 3.8) is 0 Å². The predicted octanol–water partition coefficient (Wildman–Crippen LogP) is 4.05. The van der Waals surface area contributed by atoms with E-state index >= 15 is 0 Å². The van der Waals surface area contributed by atoms with Gasteiger partial charge in [-0.3, -0.25) is 5.10 Å². The van der Waals surface area contributed by atoms with Gasteiger partial charge in [0.25, 0.3) is 0 Å². The van der Waals surface area contributed by atoms with Crippen molar-refractivity contribution in [3.8, 4) is 11.3 Å². The normalized spacial score (nSPS) is 13.5. The molecule has 0 saturated heterocycles. The molecule has 5 rings (SSSR count). The summed E-state index contributed by atoms with van der Waals surface area (Å²) >= 11 is 0. The molecule has 4 aromatic rings. The van der Waals surface area contributed by atoms with Crippen molar-refractivity contribution < 1.29 is 4.39 Å². The average molecular weight is 382 g/mol. The highest BCUT2D eigenvalue weighted by Crippen LogP contribution is 2.35. The van der Waals surface area contributed by atoms with Crippen LogP contribution in [-0.4, -0.2) is 20.2 Å². The van der Waals surface area contributed by atoms with Crippen LogP contribution in [0.2, 0.25) is 0 Å². The first kappa shape index (κ1) is 17.4. The molecule has 0 fully saturated rings. The molecule has 2 aromatic carbocycles. The second-order valence-electron chi connectivity index (χ2n) is 6.65. The number of H-pyrrole nitrogens is 1. The van der Waals surface area contributed by atoms with E-state index in [0.717, 1.165) is 18.7 Å². The topological polar surface area (TPSA) is 80.5 Å². The third kappa shape index (κ3) is 2.92. The molecule has 5 nitrogen and oxygen atoms in total. The molecular formula is C20H17ClFN5. The van der Waals surface area contributed by atoms with Gasteiger partial charge >= 0.3 is 0 Å². The summed E-state index contributed by atoms with van der Waals surface area (Å²) in [5.74, 6) is 0.980. The smallest absolute Gasteiger partial charge is 0.161 e. The van der Waals surface area contributed by atoms with Crippen molar-refractivity contribution in [2.45, 2.75) is 18.8 Å². The van der Waals surface area contributed by atoms with Gasteiger partial charge in [0.1, 0.15) is 23.2 Å². The maximum atomic E-state index is 13.6. The number of nitrogen functional groups attached to an aromatic ring is 1. The summed E-state index contributed by atoms with van der Waals surface area (Å²) in [6, 6.07) is 14.7. The minimum Gasteiger partial charge on any atom is -0.383 e. The number of aromatic amines is 1. The van der Waals surface area contributed by atoms with Crippen LogP contribution >= 0.6 is 12.4 Å². The van der Waals surface area contributed by atoms with Crippen molar-refractivity contribution in [1.82, 2.24) is 20.2 Å². The number of anilines is 1. The molecule has 27 heavy (non-hydrogen) atoms. The van der Waals surface area contributed by atoms with Crippen LogP contribution in [0.4, 0.5) is 10.2 Å². The van der Waals surface area contributed by atoms with Gasteiger partial charge in [-0.05, 0) is 36.1 Å². The molecule has 1 aliphatic rings. The Kier molecular flexibility index (Phi) is 4.28. The van der Waals surface area contributed by atoms with E-state index in [1.165, 1.54) is 23.3 Å². The molecule has 0 bridgehead atoms. The number of nitrogens with one attached hydrogen (secondary N) is 1. The number of hydrogen-bond acceptors (Lipinski definition) is 4. The number of benzene rings is 2. The Morgan fingerprint density at radius 2 is 1.74 bits per heavy atom. The van der Waals surface area contributed by atoms with E-state index < -0.39 is 0 Å². The fraction of sp³-hybridized carbons (Fsp3) is 0.150. The number of fused-ring (bicyclic) bond motifs is 2. The first-order valence-electron chi connectivity index (χ1n) is 8.53. The van der Waals surface area contributed by atoms with Crippen LogP contribution < -0.4 is 5.73 Å². The molecule has 0 unspecified atom stereocenters. The average Bonchev–Trinajstić information content (AvgIpc) is 3.26. The maximum Gasteiger partial charge on any atom is 0.161 e. The van der Waals surface area contributed by atoms with E-state index in [0.29, 0.717) is 28.1 Å². The minimum atomic E-state index is -0.321. The second kappa shape index (κ2) is 6.63. The van der Waals surface area contributed by atoms with E-state index in [2.05, 4.69) is 44.4 Å². The number of aromatic nitrogens is 4. The number of hydrogen-bond donors (Lipinski definition) is 2. The van der Waals surface area contributed by atoms with Crippen molar-refractivity contribution in [1.29, 1.82) is 0 Å². The van der Waals surface area contributed by atoms with Crippen LogP contribution in [0.15, 0.2) is 48.5 Å². The summed E-state index contributed by atoms with van der Waals surface area (Å²) in [5, 5.41) is 7.86. The lowest BCUT2D eigenvalue weighted by molar-refractivity contribution is 0.628. The van der Waals surface area contributed by atoms with Crippen LogP contribution in [0.1, 0.15) is 22.9 Å². The van der Waals surface area contributed by atoms with Gasteiger partial charge in [0.15, 0.2) is 5.65 Å². The van der Waals surface area contributed by atoms with Crippen molar-refractivity contribution in [2.75, 3.05) is 5.73 Å². The summed E-state index contributed by atoms with van der Waals surface area (Å²) in [5.41, 5.74) is 10.7.